The predicted octanol–water partition coefficient (Wildman–Crippen LogP) is 1.46. The number of likely N-dealkylation sites (tertiary alicyclic amines) is 1. The fourth-order valence-electron chi connectivity index (χ4n) is 1.45. The highest BCUT2D eigenvalue weighted by atomic mass is 32.2. The molecule has 16 heavy (non-hydrogen) atoms. The van der Waals surface area contributed by atoms with Gasteiger partial charge in [0.25, 0.3) is 0 Å². The first-order chi connectivity index (χ1) is 7.20. The molecule has 0 spiro atoms. The van der Waals surface area contributed by atoms with E-state index in [2.05, 4.69) is 0 Å². The van der Waals surface area contributed by atoms with Crippen molar-refractivity contribution >= 4 is 17.2 Å². The molecule has 1 amide bonds. The molecule has 0 saturated carbocycles. The maximum atomic E-state index is 11.5. The summed E-state index contributed by atoms with van der Waals surface area (Å²) in [6.07, 6.45) is -0.348. The van der Waals surface area contributed by atoms with Crippen molar-refractivity contribution in [3.8, 4) is 0 Å². The summed E-state index contributed by atoms with van der Waals surface area (Å²) in [5.74, 6) is 0.0957. The number of rotatable bonds is 2. The van der Waals surface area contributed by atoms with E-state index in [1.165, 1.54) is 0 Å². The second-order valence-electron chi connectivity index (χ2n) is 5.13. The molecule has 0 aliphatic carbocycles. The highest BCUT2D eigenvalue weighted by molar-refractivity contribution is 7.79. The Morgan fingerprint density at radius 2 is 2.00 bits per heavy atom. The summed E-state index contributed by atoms with van der Waals surface area (Å²) in [6.45, 7) is 8.16. The first-order valence-corrected chi connectivity index (χ1v) is 6.45. The lowest BCUT2D eigenvalue weighted by atomic mass is 9.97. The lowest BCUT2D eigenvalue weighted by molar-refractivity contribution is -0.000994. The van der Waals surface area contributed by atoms with Gasteiger partial charge in [0.2, 0.25) is 0 Å². The van der Waals surface area contributed by atoms with Crippen LogP contribution >= 0.6 is 0 Å². The maximum Gasteiger partial charge on any atom is 0.410 e. The third kappa shape index (κ3) is 3.45. The smallest absolute Gasteiger partial charge is 0.410 e. The van der Waals surface area contributed by atoms with Crippen LogP contribution in [-0.4, -0.2) is 43.7 Å². The van der Waals surface area contributed by atoms with Gasteiger partial charge in [-0.25, -0.2) is 9.00 Å². The summed E-state index contributed by atoms with van der Waals surface area (Å²) in [6, 6.07) is 0. The molecule has 1 saturated heterocycles. The molecule has 1 aliphatic rings. The minimum Gasteiger partial charge on any atom is -0.444 e. The van der Waals surface area contributed by atoms with Crippen molar-refractivity contribution < 1.29 is 18.3 Å². The van der Waals surface area contributed by atoms with Crippen molar-refractivity contribution in [2.75, 3.05) is 13.1 Å². The lowest BCUT2D eigenvalue weighted by Crippen LogP contribution is -2.55. The molecule has 1 rings (SSSR count). The summed E-state index contributed by atoms with van der Waals surface area (Å²) in [5.41, 5.74) is -0.492. The Hall–Kier alpha value is -0.620. The van der Waals surface area contributed by atoms with Crippen LogP contribution in [0, 0.1) is 5.92 Å². The molecule has 6 heteroatoms. The van der Waals surface area contributed by atoms with Gasteiger partial charge < -0.3 is 14.2 Å². The van der Waals surface area contributed by atoms with E-state index in [-0.39, 0.29) is 17.3 Å². The Balaban J connectivity index is 2.36. The molecule has 1 heterocycles. The Bertz CT molecular complexity index is 294. The van der Waals surface area contributed by atoms with Crippen LogP contribution in [0.3, 0.4) is 0 Å². The van der Waals surface area contributed by atoms with Gasteiger partial charge in [-0.05, 0) is 27.7 Å². The van der Waals surface area contributed by atoms with Crippen molar-refractivity contribution in [1.82, 2.24) is 4.90 Å². The summed E-state index contributed by atoms with van der Waals surface area (Å²) < 4.78 is 24.9. The molecule has 0 aromatic carbocycles. The number of ether oxygens (including phenoxy) is 1. The van der Waals surface area contributed by atoms with Gasteiger partial charge >= 0.3 is 6.09 Å². The van der Waals surface area contributed by atoms with Crippen molar-refractivity contribution in [3.63, 3.8) is 0 Å². The normalized spacial score (nSPS) is 21.2. The van der Waals surface area contributed by atoms with Crippen molar-refractivity contribution in [3.05, 3.63) is 0 Å². The van der Waals surface area contributed by atoms with E-state index in [0.29, 0.717) is 13.1 Å². The minimum absolute atomic E-state index is 0.0957. The van der Waals surface area contributed by atoms with Gasteiger partial charge in [-0.2, -0.15) is 0 Å². The Kier molecular flexibility index (Phi) is 3.96. The second-order valence-corrected chi connectivity index (χ2v) is 6.42. The molecule has 1 aliphatic heterocycles. The zero-order chi connectivity index (χ0) is 12.5. The fraction of sp³-hybridized carbons (Fsp3) is 0.900. The number of hydrogen-bond donors (Lipinski definition) is 1. The van der Waals surface area contributed by atoms with Gasteiger partial charge in [-0.3, -0.25) is 0 Å². The molecule has 0 radical (unpaired) electrons. The summed E-state index contributed by atoms with van der Waals surface area (Å²) in [4.78, 5) is 13.1. The SMILES string of the molecule is CC(C1CN(C(=O)OC(C)(C)C)C1)S(=O)O. The number of amides is 1. The Labute approximate surface area is 98.4 Å². The van der Waals surface area contributed by atoms with Crippen LogP contribution in [0.2, 0.25) is 0 Å². The number of carbonyl (C=O) groups excluding carboxylic acids is 1. The molecule has 0 bridgehead atoms. The van der Waals surface area contributed by atoms with E-state index in [4.69, 9.17) is 9.29 Å². The quantitative estimate of drug-likeness (QED) is 0.752. The van der Waals surface area contributed by atoms with Gasteiger partial charge in [-0.15, -0.1) is 0 Å². The van der Waals surface area contributed by atoms with Gasteiger partial charge in [0.1, 0.15) is 5.60 Å². The van der Waals surface area contributed by atoms with Gasteiger partial charge in [0.15, 0.2) is 11.1 Å². The highest BCUT2D eigenvalue weighted by Crippen LogP contribution is 2.24. The van der Waals surface area contributed by atoms with Crippen LogP contribution in [0.4, 0.5) is 4.79 Å². The molecule has 1 N–H and O–H groups in total. The van der Waals surface area contributed by atoms with Crippen LogP contribution < -0.4 is 0 Å². The van der Waals surface area contributed by atoms with E-state index >= 15 is 0 Å². The lowest BCUT2D eigenvalue weighted by Gasteiger charge is -2.41. The van der Waals surface area contributed by atoms with Crippen LogP contribution in [0.1, 0.15) is 27.7 Å². The van der Waals surface area contributed by atoms with Crippen LogP contribution in [0.25, 0.3) is 0 Å². The van der Waals surface area contributed by atoms with Crippen molar-refractivity contribution in [2.45, 2.75) is 38.5 Å². The van der Waals surface area contributed by atoms with Crippen LogP contribution in [0.5, 0.6) is 0 Å². The average Bonchev–Trinajstić information content (AvgIpc) is 1.96. The van der Waals surface area contributed by atoms with E-state index in [9.17, 15) is 9.00 Å². The highest BCUT2D eigenvalue weighted by Gasteiger charge is 2.38. The molecule has 0 aromatic heterocycles. The zero-order valence-electron chi connectivity index (χ0n) is 10.1. The van der Waals surface area contributed by atoms with Crippen LogP contribution in [0.15, 0.2) is 0 Å². The molecule has 5 nitrogen and oxygen atoms in total. The minimum atomic E-state index is -1.82. The Morgan fingerprint density at radius 3 is 2.38 bits per heavy atom. The van der Waals surface area contributed by atoms with Crippen molar-refractivity contribution in [2.24, 2.45) is 5.92 Å². The third-order valence-corrected chi connectivity index (χ3v) is 3.56. The van der Waals surface area contributed by atoms with E-state index in [0.717, 1.165) is 0 Å². The molecular formula is C10H19NO4S. The van der Waals surface area contributed by atoms with Gasteiger partial charge in [0.05, 0.1) is 5.25 Å². The summed E-state index contributed by atoms with van der Waals surface area (Å²) in [7, 11) is 0. The topological polar surface area (TPSA) is 66.8 Å². The molecule has 94 valence electrons. The Morgan fingerprint density at radius 1 is 1.50 bits per heavy atom. The number of hydrogen-bond acceptors (Lipinski definition) is 3. The molecule has 2 unspecified atom stereocenters. The summed E-state index contributed by atoms with van der Waals surface area (Å²) in [5, 5.41) is -0.293. The standard InChI is InChI=1S/C10H19NO4S/c1-7(16(13)14)8-5-11(6-8)9(12)15-10(2,3)4/h7-8H,5-6H2,1-4H3,(H,13,14). The van der Waals surface area contributed by atoms with E-state index in [1.54, 1.807) is 11.8 Å². The fourth-order valence-corrected chi connectivity index (χ4v) is 1.95. The first-order valence-electron chi connectivity index (χ1n) is 5.28. The van der Waals surface area contributed by atoms with Gasteiger partial charge in [0, 0.05) is 19.0 Å². The predicted molar refractivity (Wildman–Crippen MR) is 61.5 cm³/mol. The second kappa shape index (κ2) is 4.71. The first kappa shape index (κ1) is 13.4. The molecule has 0 aromatic rings. The molecule has 2 atom stereocenters. The van der Waals surface area contributed by atoms with E-state index < -0.39 is 16.7 Å². The van der Waals surface area contributed by atoms with E-state index in [1.807, 2.05) is 20.8 Å². The number of carbonyl (C=O) groups is 1. The third-order valence-electron chi connectivity index (χ3n) is 2.54. The zero-order valence-corrected chi connectivity index (χ0v) is 10.9. The van der Waals surface area contributed by atoms with Gasteiger partial charge in [-0.1, -0.05) is 0 Å². The average molecular weight is 249 g/mol. The summed E-state index contributed by atoms with van der Waals surface area (Å²) >= 11 is -1.82. The van der Waals surface area contributed by atoms with Crippen molar-refractivity contribution in [1.29, 1.82) is 0 Å². The largest absolute Gasteiger partial charge is 0.444 e. The monoisotopic (exact) mass is 249 g/mol. The maximum absolute atomic E-state index is 11.5. The number of nitrogens with zero attached hydrogens (tertiary/aromatic N) is 1. The molecular weight excluding hydrogens is 230 g/mol. The molecule has 1 fully saturated rings. The van der Waals surface area contributed by atoms with Crippen LogP contribution in [-0.2, 0) is 15.8 Å².